The first-order valence-corrected chi connectivity index (χ1v) is 9.73. The number of nitrogens with zero attached hydrogens (tertiary/aromatic N) is 3. The molecule has 1 N–H and O–H groups in total. The third kappa shape index (κ3) is 3.41. The van der Waals surface area contributed by atoms with Crippen LogP contribution in [0.3, 0.4) is 0 Å². The third-order valence-electron chi connectivity index (χ3n) is 5.38. The number of aromatic nitrogens is 2. The van der Waals surface area contributed by atoms with E-state index in [9.17, 15) is 19.2 Å². The van der Waals surface area contributed by atoms with Crippen molar-refractivity contribution in [1.29, 1.82) is 0 Å². The quantitative estimate of drug-likeness (QED) is 0.708. The number of hydrogen-bond acceptors (Lipinski definition) is 4. The van der Waals surface area contributed by atoms with Crippen LogP contribution in [0.15, 0.2) is 52.1 Å². The van der Waals surface area contributed by atoms with Gasteiger partial charge in [0.2, 0.25) is 5.91 Å². The predicted octanol–water partition coefficient (Wildman–Crippen LogP) is 1.37. The van der Waals surface area contributed by atoms with E-state index >= 15 is 0 Å². The zero-order valence-corrected chi connectivity index (χ0v) is 16.8. The summed E-state index contributed by atoms with van der Waals surface area (Å²) in [5, 5.41) is 0.411. The Balaban J connectivity index is 1.55. The molecule has 0 spiro atoms. The van der Waals surface area contributed by atoms with Gasteiger partial charge in [0.05, 0.1) is 10.9 Å². The van der Waals surface area contributed by atoms with Crippen LogP contribution in [0.2, 0.25) is 0 Å². The Morgan fingerprint density at radius 1 is 1.10 bits per heavy atom. The van der Waals surface area contributed by atoms with Gasteiger partial charge in [-0.3, -0.25) is 23.9 Å². The molecule has 154 valence electrons. The van der Waals surface area contributed by atoms with Crippen molar-refractivity contribution in [1.82, 2.24) is 14.5 Å². The average molecular weight is 406 g/mol. The first kappa shape index (κ1) is 19.6. The number of carbonyl (C=O) groups excluding carboxylic acids is 2. The van der Waals surface area contributed by atoms with E-state index in [1.165, 1.54) is 9.47 Å². The summed E-state index contributed by atoms with van der Waals surface area (Å²) < 4.78 is 1.42. The lowest BCUT2D eigenvalue weighted by Crippen LogP contribution is -2.34. The summed E-state index contributed by atoms with van der Waals surface area (Å²) >= 11 is 0. The molecule has 0 saturated heterocycles. The summed E-state index contributed by atoms with van der Waals surface area (Å²) in [5.41, 5.74) is 1.90. The van der Waals surface area contributed by atoms with E-state index in [1.807, 2.05) is 6.07 Å². The highest BCUT2D eigenvalue weighted by atomic mass is 16.2. The molecule has 0 saturated carbocycles. The second kappa shape index (κ2) is 7.62. The number of hydrogen-bond donors (Lipinski definition) is 1. The number of aryl methyl sites for hydroxylation is 1. The summed E-state index contributed by atoms with van der Waals surface area (Å²) in [6.45, 7) is 0.701. The van der Waals surface area contributed by atoms with Gasteiger partial charge in [0.15, 0.2) is 0 Å². The van der Waals surface area contributed by atoms with Gasteiger partial charge >= 0.3 is 5.69 Å². The molecule has 1 aliphatic rings. The molecule has 0 aliphatic carbocycles. The fourth-order valence-electron chi connectivity index (χ4n) is 3.86. The number of rotatable bonds is 4. The number of nitrogens with one attached hydrogen (secondary N) is 1. The lowest BCUT2D eigenvalue weighted by atomic mass is 10.1. The topological polar surface area (TPSA) is 95.5 Å². The van der Waals surface area contributed by atoms with Gasteiger partial charge in [0, 0.05) is 44.9 Å². The minimum atomic E-state index is -0.528. The second-order valence-electron chi connectivity index (χ2n) is 7.52. The van der Waals surface area contributed by atoms with E-state index in [0.29, 0.717) is 29.4 Å². The molecular formula is C22H22N4O4. The standard InChI is InChI=1S/C22H22N4O4/c1-24(2)21(29)15-7-8-17-14(13-15)9-11-25(17)19(27)10-12-26-18-6-4-3-5-16(18)20(28)23-22(26)30/h3-8,13H,9-12H2,1-2H3,(H,23,28,30). The predicted molar refractivity (Wildman–Crippen MR) is 114 cm³/mol. The van der Waals surface area contributed by atoms with Crippen molar-refractivity contribution in [2.45, 2.75) is 19.4 Å². The molecule has 4 rings (SSSR count). The van der Waals surface area contributed by atoms with E-state index < -0.39 is 11.2 Å². The van der Waals surface area contributed by atoms with Crippen molar-refractivity contribution < 1.29 is 9.59 Å². The number of anilines is 1. The first-order chi connectivity index (χ1) is 14.4. The van der Waals surface area contributed by atoms with Gasteiger partial charge in [-0.15, -0.1) is 0 Å². The lowest BCUT2D eigenvalue weighted by Gasteiger charge is -2.18. The average Bonchev–Trinajstić information content (AvgIpc) is 3.16. The number of amides is 2. The zero-order chi connectivity index (χ0) is 21.4. The third-order valence-corrected chi connectivity index (χ3v) is 5.38. The Hall–Kier alpha value is -3.68. The highest BCUT2D eigenvalue weighted by molar-refractivity contribution is 5.98. The van der Waals surface area contributed by atoms with Crippen molar-refractivity contribution in [3.63, 3.8) is 0 Å². The number of para-hydroxylation sites is 1. The van der Waals surface area contributed by atoms with E-state index in [2.05, 4.69) is 4.98 Å². The molecule has 0 atom stereocenters. The summed E-state index contributed by atoms with van der Waals surface area (Å²) in [7, 11) is 3.40. The van der Waals surface area contributed by atoms with Crippen molar-refractivity contribution in [2.75, 3.05) is 25.5 Å². The van der Waals surface area contributed by atoms with E-state index in [1.54, 1.807) is 55.4 Å². The number of fused-ring (bicyclic) bond motifs is 2. The fourth-order valence-corrected chi connectivity index (χ4v) is 3.86. The SMILES string of the molecule is CN(C)C(=O)c1ccc2c(c1)CCN2C(=O)CCn1c(=O)[nH]c(=O)c2ccccc21. The molecule has 2 aromatic carbocycles. The Kier molecular flexibility index (Phi) is 4.99. The first-order valence-electron chi connectivity index (χ1n) is 9.73. The maximum absolute atomic E-state index is 12.9. The number of aromatic amines is 1. The lowest BCUT2D eigenvalue weighted by molar-refractivity contribution is -0.118. The molecule has 30 heavy (non-hydrogen) atoms. The molecule has 0 radical (unpaired) electrons. The van der Waals surface area contributed by atoms with Gasteiger partial charge in [-0.1, -0.05) is 12.1 Å². The number of H-pyrrole nitrogens is 1. The highest BCUT2D eigenvalue weighted by Gasteiger charge is 2.25. The van der Waals surface area contributed by atoms with Crippen LogP contribution >= 0.6 is 0 Å². The summed E-state index contributed by atoms with van der Waals surface area (Å²) in [4.78, 5) is 54.8. The van der Waals surface area contributed by atoms with E-state index in [0.717, 1.165) is 11.3 Å². The van der Waals surface area contributed by atoms with Crippen molar-refractivity contribution in [3.8, 4) is 0 Å². The van der Waals surface area contributed by atoms with Crippen LogP contribution in [0, 0.1) is 0 Å². The van der Waals surface area contributed by atoms with E-state index in [4.69, 9.17) is 0 Å². The number of carbonyl (C=O) groups is 2. The Bertz CT molecular complexity index is 1270. The normalized spacial score (nSPS) is 12.8. The smallest absolute Gasteiger partial charge is 0.328 e. The van der Waals surface area contributed by atoms with Gasteiger partial charge in [-0.05, 0) is 42.3 Å². The van der Waals surface area contributed by atoms with Gasteiger partial charge in [-0.2, -0.15) is 0 Å². The number of benzene rings is 2. The molecule has 0 fully saturated rings. The highest BCUT2D eigenvalue weighted by Crippen LogP contribution is 2.29. The van der Waals surface area contributed by atoms with Gasteiger partial charge in [0.1, 0.15) is 0 Å². The van der Waals surface area contributed by atoms with E-state index in [-0.39, 0.29) is 24.8 Å². The van der Waals surface area contributed by atoms with Crippen LogP contribution < -0.4 is 16.1 Å². The van der Waals surface area contributed by atoms with Crippen molar-refractivity contribution in [3.05, 3.63) is 74.4 Å². The molecule has 0 unspecified atom stereocenters. The molecule has 1 aliphatic heterocycles. The molecule has 8 heteroatoms. The van der Waals surface area contributed by atoms with Crippen molar-refractivity contribution >= 4 is 28.4 Å². The monoisotopic (exact) mass is 406 g/mol. The second-order valence-corrected chi connectivity index (χ2v) is 7.52. The largest absolute Gasteiger partial charge is 0.345 e. The maximum atomic E-state index is 12.9. The van der Waals surface area contributed by atoms with Crippen LogP contribution in [0.5, 0.6) is 0 Å². The fraction of sp³-hybridized carbons (Fsp3) is 0.273. The minimum absolute atomic E-state index is 0.0769. The Morgan fingerprint density at radius 3 is 2.63 bits per heavy atom. The molecule has 8 nitrogen and oxygen atoms in total. The minimum Gasteiger partial charge on any atom is -0.345 e. The van der Waals surface area contributed by atoms with Crippen molar-refractivity contribution in [2.24, 2.45) is 0 Å². The maximum Gasteiger partial charge on any atom is 0.328 e. The van der Waals surface area contributed by atoms with Gasteiger partial charge < -0.3 is 9.80 Å². The molecule has 2 heterocycles. The summed E-state index contributed by atoms with van der Waals surface area (Å²) in [5.74, 6) is -0.186. The van der Waals surface area contributed by atoms with Crippen LogP contribution in [0.25, 0.3) is 10.9 Å². The molecule has 1 aromatic heterocycles. The van der Waals surface area contributed by atoms with Crippen LogP contribution in [-0.4, -0.2) is 46.9 Å². The summed E-state index contributed by atoms with van der Waals surface area (Å²) in [6.07, 6.45) is 0.797. The molecular weight excluding hydrogens is 384 g/mol. The molecule has 2 amide bonds. The zero-order valence-electron chi connectivity index (χ0n) is 16.8. The molecule has 0 bridgehead atoms. The Morgan fingerprint density at radius 2 is 1.87 bits per heavy atom. The Labute approximate surface area is 172 Å². The van der Waals surface area contributed by atoms with Gasteiger partial charge in [-0.25, -0.2) is 4.79 Å². The van der Waals surface area contributed by atoms with Crippen LogP contribution in [0.4, 0.5) is 5.69 Å². The molecule has 3 aromatic rings. The van der Waals surface area contributed by atoms with Crippen LogP contribution in [0.1, 0.15) is 22.3 Å². The van der Waals surface area contributed by atoms with Gasteiger partial charge in [0.25, 0.3) is 11.5 Å². The summed E-state index contributed by atoms with van der Waals surface area (Å²) in [6, 6.07) is 12.2. The van der Waals surface area contributed by atoms with Crippen LogP contribution in [-0.2, 0) is 17.8 Å².